The molecule has 2 heterocycles. The summed E-state index contributed by atoms with van der Waals surface area (Å²) in [5, 5.41) is 1.55. The number of methoxy groups -OCH3 is 1. The van der Waals surface area contributed by atoms with Gasteiger partial charge in [0.2, 0.25) is 17.7 Å². The van der Waals surface area contributed by atoms with E-state index in [1.165, 1.54) is 4.90 Å². The Bertz CT molecular complexity index is 1850. The number of Topliss-reactive ketones (excluding diaryl/α,β-unsaturated/α-hetero) is 1. The van der Waals surface area contributed by atoms with E-state index in [9.17, 15) is 27.6 Å². The Morgan fingerprint density at radius 1 is 1.08 bits per heavy atom. The minimum absolute atomic E-state index is 0.0320. The van der Waals surface area contributed by atoms with Gasteiger partial charge in [-0.1, -0.05) is 54.9 Å². The zero-order valence-corrected chi connectivity index (χ0v) is 33.3. The molecular weight excluding hydrogens is 703 g/mol. The lowest BCUT2D eigenvalue weighted by molar-refractivity contribution is -0.154. The first-order chi connectivity index (χ1) is 24.6. The summed E-state index contributed by atoms with van der Waals surface area (Å²) in [7, 11) is -2.82. The van der Waals surface area contributed by atoms with Crippen molar-refractivity contribution in [2.75, 3.05) is 20.3 Å². The molecule has 2 saturated carbocycles. The van der Waals surface area contributed by atoms with E-state index in [1.807, 2.05) is 66.7 Å². The lowest BCUT2D eigenvalue weighted by Crippen LogP contribution is -2.48. The van der Waals surface area contributed by atoms with Crippen molar-refractivity contribution in [3.8, 4) is 11.6 Å². The fourth-order valence-corrected chi connectivity index (χ4v) is 8.27. The molecule has 3 fully saturated rings. The number of ether oxygens (including phenoxy) is 3. The number of hydrogen-bond acceptors (Lipinski definition) is 11. The molecular formula is C39H55N3O10S. The van der Waals surface area contributed by atoms with Gasteiger partial charge in [0.25, 0.3) is 0 Å². The summed E-state index contributed by atoms with van der Waals surface area (Å²) in [6.07, 6.45) is 2.60. The zero-order chi connectivity index (χ0) is 39.1. The first kappa shape index (κ1) is 40.4. The highest BCUT2D eigenvalue weighted by molar-refractivity contribution is 7.85. The molecule has 1 unspecified atom stereocenters. The average Bonchev–Trinajstić information content (AvgIpc) is 3.93. The van der Waals surface area contributed by atoms with Gasteiger partial charge >= 0.3 is 16.3 Å². The second-order valence-electron chi connectivity index (χ2n) is 17.6. The average molecular weight is 758 g/mol. The highest BCUT2D eigenvalue weighted by Gasteiger charge is 2.62. The number of carbonyl (C=O) groups is 4. The van der Waals surface area contributed by atoms with Crippen molar-refractivity contribution in [1.82, 2.24) is 14.6 Å². The van der Waals surface area contributed by atoms with Gasteiger partial charge in [-0.15, -0.1) is 0 Å². The summed E-state index contributed by atoms with van der Waals surface area (Å²) in [6.45, 7) is 15.2. The maximum Gasteiger partial charge on any atom is 0.362 e. The molecule has 0 bridgehead atoms. The zero-order valence-electron chi connectivity index (χ0n) is 32.4. The number of ketones is 1. The van der Waals surface area contributed by atoms with Crippen LogP contribution in [-0.4, -0.2) is 79.9 Å². The van der Waals surface area contributed by atoms with Gasteiger partial charge in [0.1, 0.15) is 11.9 Å². The van der Waals surface area contributed by atoms with E-state index in [-0.39, 0.29) is 49.5 Å². The van der Waals surface area contributed by atoms with Crippen LogP contribution in [0.15, 0.2) is 30.5 Å². The first-order valence-electron chi connectivity index (χ1n) is 18.4. The van der Waals surface area contributed by atoms with Gasteiger partial charge in [0, 0.05) is 24.4 Å². The standard InChI is InChI=1S/C39H55N3O10S/c1-10-25-20-39(25,35(46)41-53(47,48)52-38(8)14-15-38)21-31(43)30-18-27(51-33-28-12-11-26(49-9)17-24(28)13-16-40-33)22-42(30)34(45)29(37(5,6)7)19-32(44)50-23-36(2,3)4/h11-13,16-17,25,27,29-30H,10,14-15,18-23H2,1-9H3,(H,41,46)/t25-,27?,29-,30+,39-/m1/s1. The molecule has 1 N–H and O–H groups in total. The van der Waals surface area contributed by atoms with Crippen LogP contribution in [0.5, 0.6) is 11.6 Å². The van der Waals surface area contributed by atoms with Crippen molar-refractivity contribution in [3.05, 3.63) is 30.5 Å². The monoisotopic (exact) mass is 757 g/mol. The highest BCUT2D eigenvalue weighted by Crippen LogP contribution is 2.58. The third-order valence-corrected chi connectivity index (χ3v) is 11.7. The molecule has 2 aromatic rings. The summed E-state index contributed by atoms with van der Waals surface area (Å²) in [5.41, 5.74) is -3.05. The Kier molecular flexibility index (Phi) is 11.3. The largest absolute Gasteiger partial charge is 0.497 e. The third-order valence-electron chi connectivity index (χ3n) is 10.7. The molecule has 2 aliphatic carbocycles. The van der Waals surface area contributed by atoms with E-state index >= 15 is 0 Å². The van der Waals surface area contributed by atoms with Crippen molar-refractivity contribution >= 4 is 44.6 Å². The molecule has 2 amide bonds. The van der Waals surface area contributed by atoms with Crippen molar-refractivity contribution < 1.29 is 46.0 Å². The van der Waals surface area contributed by atoms with Crippen LogP contribution in [0.4, 0.5) is 0 Å². The Labute approximate surface area is 313 Å². The molecule has 1 aromatic heterocycles. The van der Waals surface area contributed by atoms with Crippen LogP contribution in [-0.2, 0) is 38.4 Å². The topological polar surface area (TPSA) is 168 Å². The Hall–Kier alpha value is -3.78. The Balaban J connectivity index is 1.42. The normalized spacial score (nSPS) is 24.3. The number of hydrogen-bond donors (Lipinski definition) is 1. The lowest BCUT2D eigenvalue weighted by atomic mass is 9.77. The second-order valence-corrected chi connectivity index (χ2v) is 18.8. The molecule has 14 heteroatoms. The van der Waals surface area contributed by atoms with Crippen LogP contribution < -0.4 is 14.2 Å². The summed E-state index contributed by atoms with van der Waals surface area (Å²) in [6, 6.07) is 6.31. The molecule has 5 rings (SSSR count). The second kappa shape index (κ2) is 14.8. The minimum atomic E-state index is -4.40. The highest BCUT2D eigenvalue weighted by atomic mass is 32.2. The van der Waals surface area contributed by atoms with Crippen LogP contribution in [0.1, 0.15) is 100 Å². The van der Waals surface area contributed by atoms with Crippen molar-refractivity contribution in [2.45, 2.75) is 118 Å². The number of likely N-dealkylation sites (tertiary alicyclic amines) is 1. The summed E-state index contributed by atoms with van der Waals surface area (Å²) in [5.74, 6) is -2.16. The fourth-order valence-electron chi connectivity index (χ4n) is 7.10. The maximum absolute atomic E-state index is 14.6. The molecule has 1 aliphatic heterocycles. The molecule has 5 atom stereocenters. The molecule has 3 aliphatic rings. The molecule has 0 spiro atoms. The van der Waals surface area contributed by atoms with Crippen LogP contribution in [0, 0.1) is 28.1 Å². The number of nitrogens with zero attached hydrogens (tertiary/aromatic N) is 2. The SMILES string of the molecule is CC[C@@H]1C[C@]1(CC(=O)[C@@H]1CC(Oc2nccc3cc(OC)ccc23)CN1C(=O)[C@@H](CC(=O)OCC(C)(C)C)C(C)(C)C)C(=O)NS(=O)(=O)OC1(C)CC1. The van der Waals surface area contributed by atoms with Gasteiger partial charge in [-0.25, -0.2) is 13.9 Å². The number of fused-ring (bicyclic) bond motifs is 1. The maximum atomic E-state index is 14.6. The third kappa shape index (κ3) is 9.67. The predicted octanol–water partition coefficient (Wildman–Crippen LogP) is 5.54. The van der Waals surface area contributed by atoms with E-state index in [0.29, 0.717) is 37.3 Å². The van der Waals surface area contributed by atoms with E-state index in [0.717, 1.165) is 10.8 Å². The van der Waals surface area contributed by atoms with Gasteiger partial charge in [0.15, 0.2) is 5.78 Å². The van der Waals surface area contributed by atoms with Crippen molar-refractivity contribution in [3.63, 3.8) is 0 Å². The number of esters is 1. The smallest absolute Gasteiger partial charge is 0.362 e. The number of carbonyl (C=O) groups excluding carboxylic acids is 4. The van der Waals surface area contributed by atoms with E-state index in [1.54, 1.807) is 26.3 Å². The van der Waals surface area contributed by atoms with Gasteiger partial charge in [-0.2, -0.15) is 8.42 Å². The lowest BCUT2D eigenvalue weighted by Gasteiger charge is -2.35. The number of rotatable bonds is 15. The summed E-state index contributed by atoms with van der Waals surface area (Å²) in [4.78, 5) is 61.7. The van der Waals surface area contributed by atoms with Gasteiger partial charge in [-0.3, -0.25) is 19.2 Å². The van der Waals surface area contributed by atoms with E-state index in [2.05, 4.69) is 9.71 Å². The molecule has 13 nitrogen and oxygen atoms in total. The van der Waals surface area contributed by atoms with Crippen LogP contribution in [0.3, 0.4) is 0 Å². The number of amides is 2. The Morgan fingerprint density at radius 2 is 1.77 bits per heavy atom. The van der Waals surface area contributed by atoms with Crippen LogP contribution in [0.2, 0.25) is 0 Å². The molecule has 292 valence electrons. The van der Waals surface area contributed by atoms with Gasteiger partial charge in [-0.05, 0) is 72.6 Å². The number of benzene rings is 1. The quantitative estimate of drug-likeness (QED) is 0.227. The molecule has 53 heavy (non-hydrogen) atoms. The first-order valence-corrected chi connectivity index (χ1v) is 19.9. The van der Waals surface area contributed by atoms with E-state index in [4.69, 9.17) is 18.4 Å². The molecule has 1 aromatic carbocycles. The van der Waals surface area contributed by atoms with Crippen molar-refractivity contribution in [1.29, 1.82) is 0 Å². The number of pyridine rings is 1. The van der Waals surface area contributed by atoms with Crippen LogP contribution in [0.25, 0.3) is 10.8 Å². The minimum Gasteiger partial charge on any atom is -0.497 e. The summed E-state index contributed by atoms with van der Waals surface area (Å²) < 4.78 is 50.3. The van der Waals surface area contributed by atoms with E-state index < -0.39 is 62.6 Å². The molecule has 0 radical (unpaired) electrons. The number of nitrogens with one attached hydrogen (secondary N) is 1. The van der Waals surface area contributed by atoms with Gasteiger partial charge < -0.3 is 19.1 Å². The molecule has 1 saturated heterocycles. The summed E-state index contributed by atoms with van der Waals surface area (Å²) >= 11 is 0. The fraction of sp³-hybridized carbons (Fsp3) is 0.667. The van der Waals surface area contributed by atoms with Gasteiger partial charge in [0.05, 0.1) is 49.7 Å². The van der Waals surface area contributed by atoms with Crippen LogP contribution >= 0.6 is 0 Å². The predicted molar refractivity (Wildman–Crippen MR) is 197 cm³/mol. The Morgan fingerprint density at radius 3 is 2.36 bits per heavy atom. The number of aromatic nitrogens is 1. The van der Waals surface area contributed by atoms with Crippen molar-refractivity contribution in [2.24, 2.45) is 28.1 Å².